The maximum atomic E-state index is 4.98. The van der Waals surface area contributed by atoms with Crippen molar-refractivity contribution in [2.45, 2.75) is 6.92 Å². The molecule has 0 fully saturated rings. The Morgan fingerprint density at radius 3 is 3.11 bits per heavy atom. The molecule has 1 heterocycles. The second-order valence-electron chi connectivity index (χ2n) is 1.54. The van der Waals surface area contributed by atoms with Crippen LogP contribution in [-0.2, 0) is 0 Å². The van der Waals surface area contributed by atoms with Gasteiger partial charge >= 0.3 is 0 Å². The van der Waals surface area contributed by atoms with Gasteiger partial charge in [-0.05, 0) is 6.92 Å². The van der Waals surface area contributed by atoms with Gasteiger partial charge in [-0.15, -0.1) is 15.9 Å². The number of nitrogens with two attached hydrogens (primary N) is 1. The van der Waals surface area contributed by atoms with Gasteiger partial charge in [0.1, 0.15) is 0 Å². The number of rotatable bonds is 1. The molecule has 0 saturated carbocycles. The van der Waals surface area contributed by atoms with Gasteiger partial charge in [-0.2, -0.15) is 10.6 Å². The summed E-state index contributed by atoms with van der Waals surface area (Å²) in [6, 6.07) is 0. The van der Waals surface area contributed by atoms with E-state index in [4.69, 9.17) is 5.84 Å². The van der Waals surface area contributed by atoms with Crippen LogP contribution in [0.5, 0.6) is 0 Å². The predicted molar refractivity (Wildman–Crippen MR) is 33.9 cm³/mol. The molecule has 0 unspecified atom stereocenters. The van der Waals surface area contributed by atoms with E-state index in [0.717, 1.165) is 5.71 Å². The molecule has 6 heteroatoms. The first-order valence-corrected chi connectivity index (χ1v) is 2.43. The lowest BCUT2D eigenvalue weighted by atomic mass is 10.5. The Morgan fingerprint density at radius 1 is 1.89 bits per heavy atom. The number of nitrogens with one attached hydrogen (secondary N) is 2. The van der Waals surface area contributed by atoms with Gasteiger partial charge in [0.2, 0.25) is 0 Å². The fourth-order valence-corrected chi connectivity index (χ4v) is 0.384. The van der Waals surface area contributed by atoms with Crippen LogP contribution in [0.3, 0.4) is 0 Å². The number of hydrazine groups is 3. The fourth-order valence-electron chi connectivity index (χ4n) is 0.384. The smallest absolute Gasteiger partial charge is 0.0794 e. The van der Waals surface area contributed by atoms with E-state index in [2.05, 4.69) is 21.3 Å². The molecule has 0 aromatic rings. The molecule has 1 aliphatic heterocycles. The minimum atomic E-state index is 0.807. The normalized spacial score (nSPS) is 17.1. The van der Waals surface area contributed by atoms with Gasteiger partial charge in [0, 0.05) is 0 Å². The summed E-state index contributed by atoms with van der Waals surface area (Å²) in [7, 11) is 0. The van der Waals surface area contributed by atoms with Crippen molar-refractivity contribution in [2.75, 3.05) is 0 Å². The van der Waals surface area contributed by atoms with E-state index in [-0.39, 0.29) is 0 Å². The van der Waals surface area contributed by atoms with E-state index >= 15 is 0 Å². The van der Waals surface area contributed by atoms with E-state index in [9.17, 15) is 0 Å². The third-order valence-corrected chi connectivity index (χ3v) is 0.803. The maximum Gasteiger partial charge on any atom is 0.0794 e. The van der Waals surface area contributed by atoms with Gasteiger partial charge in [-0.1, -0.05) is 0 Å². The highest BCUT2D eigenvalue weighted by atomic mass is 16.0. The zero-order chi connectivity index (χ0) is 6.69. The third kappa shape index (κ3) is 1.37. The second-order valence-corrected chi connectivity index (χ2v) is 1.54. The molecule has 0 atom stereocenters. The van der Waals surface area contributed by atoms with Gasteiger partial charge < -0.3 is 0 Å². The summed E-state index contributed by atoms with van der Waals surface area (Å²) >= 11 is 0. The lowest BCUT2D eigenvalue weighted by Gasteiger charge is -2.17. The molecule has 6 nitrogen and oxygen atoms in total. The summed E-state index contributed by atoms with van der Waals surface area (Å²) in [4.78, 5) is 0. The standard InChI is InChI=1S/C3H8N6/c1-3-2-5-9(7-4)8-6-3/h2,7-8H,4H2,1H3. The molecule has 0 radical (unpaired) electrons. The molecule has 50 valence electrons. The second kappa shape index (κ2) is 2.42. The van der Waals surface area contributed by atoms with Crippen LogP contribution in [0.4, 0.5) is 0 Å². The molecule has 0 saturated heterocycles. The quantitative estimate of drug-likeness (QED) is 0.298. The van der Waals surface area contributed by atoms with E-state index in [1.54, 1.807) is 6.21 Å². The zero-order valence-corrected chi connectivity index (χ0v) is 5.00. The van der Waals surface area contributed by atoms with Crippen LogP contribution < -0.4 is 16.9 Å². The first kappa shape index (κ1) is 5.99. The van der Waals surface area contributed by atoms with Gasteiger partial charge in [-0.25, -0.2) is 0 Å². The summed E-state index contributed by atoms with van der Waals surface area (Å²) in [6.07, 6.45) is 1.58. The molecular weight excluding hydrogens is 120 g/mol. The van der Waals surface area contributed by atoms with Gasteiger partial charge in [0.15, 0.2) is 0 Å². The van der Waals surface area contributed by atoms with Crippen LogP contribution in [0.1, 0.15) is 6.92 Å². The Labute approximate surface area is 52.3 Å². The molecule has 0 bridgehead atoms. The van der Waals surface area contributed by atoms with Crippen LogP contribution in [0.15, 0.2) is 10.2 Å². The predicted octanol–water partition coefficient (Wildman–Crippen LogP) is -1.45. The van der Waals surface area contributed by atoms with E-state index in [0.29, 0.717) is 0 Å². The number of nitrogens with zero attached hydrogens (tertiary/aromatic N) is 3. The average molecular weight is 128 g/mol. The molecule has 1 rings (SSSR count). The molecule has 0 aliphatic carbocycles. The Bertz CT molecular complexity index is 148. The van der Waals surface area contributed by atoms with Crippen molar-refractivity contribution < 1.29 is 0 Å². The van der Waals surface area contributed by atoms with Crippen molar-refractivity contribution in [3.05, 3.63) is 0 Å². The Kier molecular flexibility index (Phi) is 1.61. The van der Waals surface area contributed by atoms with Crippen molar-refractivity contribution in [1.29, 1.82) is 0 Å². The van der Waals surface area contributed by atoms with Crippen LogP contribution in [0.25, 0.3) is 0 Å². The topological polar surface area (TPSA) is 78.0 Å². The van der Waals surface area contributed by atoms with Crippen LogP contribution >= 0.6 is 0 Å². The van der Waals surface area contributed by atoms with Crippen molar-refractivity contribution in [1.82, 2.24) is 16.3 Å². The van der Waals surface area contributed by atoms with Crippen LogP contribution in [0, 0.1) is 0 Å². The lowest BCUT2D eigenvalue weighted by Crippen LogP contribution is -2.47. The largest absolute Gasteiger partial charge is 0.250 e. The maximum absolute atomic E-state index is 4.98. The Morgan fingerprint density at radius 2 is 2.67 bits per heavy atom. The van der Waals surface area contributed by atoms with Gasteiger partial charge in [0.05, 0.1) is 11.9 Å². The summed E-state index contributed by atoms with van der Waals surface area (Å²) in [6.45, 7) is 1.82. The highest BCUT2D eigenvalue weighted by molar-refractivity contribution is 6.29. The SMILES string of the molecule is CC1=NNN(NN)N=C1. The molecule has 0 aromatic heterocycles. The average Bonchev–Trinajstić information content (AvgIpc) is 1.90. The lowest BCUT2D eigenvalue weighted by molar-refractivity contribution is 0.122. The van der Waals surface area contributed by atoms with Crippen molar-refractivity contribution >= 4 is 11.9 Å². The monoisotopic (exact) mass is 128 g/mol. The van der Waals surface area contributed by atoms with Crippen LogP contribution in [0.2, 0.25) is 0 Å². The van der Waals surface area contributed by atoms with Gasteiger partial charge in [0.25, 0.3) is 0 Å². The summed E-state index contributed by atoms with van der Waals surface area (Å²) in [5, 5.41) is 8.73. The molecule has 4 N–H and O–H groups in total. The Balaban J connectivity index is 2.48. The first-order chi connectivity index (χ1) is 4.33. The van der Waals surface area contributed by atoms with Crippen molar-refractivity contribution in [3.63, 3.8) is 0 Å². The molecule has 0 aromatic carbocycles. The zero-order valence-electron chi connectivity index (χ0n) is 5.00. The molecule has 9 heavy (non-hydrogen) atoms. The van der Waals surface area contributed by atoms with Crippen molar-refractivity contribution in [3.8, 4) is 0 Å². The molecule has 0 spiro atoms. The third-order valence-electron chi connectivity index (χ3n) is 0.803. The number of hydrogen-bond donors (Lipinski definition) is 3. The molecule has 1 aliphatic rings. The molecular formula is C3H8N6. The highest BCUT2D eigenvalue weighted by Gasteiger charge is 1.97. The minimum absolute atomic E-state index is 0.807. The van der Waals surface area contributed by atoms with E-state index in [1.165, 1.54) is 5.23 Å². The summed E-state index contributed by atoms with van der Waals surface area (Å²) in [5.74, 6) is 4.98. The number of hydrogen-bond acceptors (Lipinski definition) is 6. The van der Waals surface area contributed by atoms with E-state index < -0.39 is 0 Å². The molecule has 0 amide bonds. The first-order valence-electron chi connectivity index (χ1n) is 2.43. The van der Waals surface area contributed by atoms with Crippen LogP contribution in [-0.4, -0.2) is 17.2 Å². The minimum Gasteiger partial charge on any atom is -0.250 e. The number of hydrazone groups is 2. The van der Waals surface area contributed by atoms with E-state index in [1.807, 2.05) is 6.92 Å². The van der Waals surface area contributed by atoms with Gasteiger partial charge in [-0.3, -0.25) is 5.84 Å². The fraction of sp³-hybridized carbons (Fsp3) is 0.333. The summed E-state index contributed by atoms with van der Waals surface area (Å²) in [5.41, 5.74) is 5.55. The Hall–Kier alpha value is -1.14. The van der Waals surface area contributed by atoms with Crippen molar-refractivity contribution in [2.24, 2.45) is 16.0 Å². The highest BCUT2D eigenvalue weighted by Crippen LogP contribution is 1.82. The summed E-state index contributed by atoms with van der Waals surface area (Å²) < 4.78 is 0.